The lowest BCUT2D eigenvalue weighted by atomic mass is 10.0. The van der Waals surface area contributed by atoms with E-state index in [-0.39, 0.29) is 5.78 Å². The van der Waals surface area contributed by atoms with Gasteiger partial charge in [-0.2, -0.15) is 5.10 Å². The standard InChI is InChI=1S/C14H16N2O/c1-3-8-16-10-12(9-15-16)14(17)13-7-5-4-6-11(13)2/h4-7,9-10H,3,8H2,1-2H3. The molecule has 2 rings (SSSR count). The molecule has 2 aromatic rings. The molecule has 0 unspecified atom stereocenters. The SMILES string of the molecule is CCCn1cc(C(=O)c2ccccc2C)cn1. The van der Waals surface area contributed by atoms with Gasteiger partial charge in [0.05, 0.1) is 11.8 Å². The highest BCUT2D eigenvalue weighted by Crippen LogP contribution is 2.13. The Hall–Kier alpha value is -1.90. The first-order valence-electron chi connectivity index (χ1n) is 5.85. The highest BCUT2D eigenvalue weighted by Gasteiger charge is 2.12. The van der Waals surface area contributed by atoms with Gasteiger partial charge >= 0.3 is 0 Å². The first-order chi connectivity index (χ1) is 8.22. The summed E-state index contributed by atoms with van der Waals surface area (Å²) >= 11 is 0. The summed E-state index contributed by atoms with van der Waals surface area (Å²) in [4.78, 5) is 12.2. The molecule has 0 amide bonds. The lowest BCUT2D eigenvalue weighted by molar-refractivity contribution is 0.103. The third-order valence-corrected chi connectivity index (χ3v) is 2.74. The van der Waals surface area contributed by atoms with Gasteiger partial charge in [0, 0.05) is 18.3 Å². The minimum atomic E-state index is 0.0467. The van der Waals surface area contributed by atoms with Gasteiger partial charge in [0.15, 0.2) is 5.78 Å². The van der Waals surface area contributed by atoms with Crippen molar-refractivity contribution in [3.8, 4) is 0 Å². The van der Waals surface area contributed by atoms with Crippen LogP contribution in [-0.4, -0.2) is 15.6 Å². The lowest BCUT2D eigenvalue weighted by Crippen LogP contribution is -2.02. The lowest BCUT2D eigenvalue weighted by Gasteiger charge is -2.01. The van der Waals surface area contributed by atoms with Crippen LogP contribution in [0.4, 0.5) is 0 Å². The number of carbonyl (C=O) groups excluding carboxylic acids is 1. The maximum atomic E-state index is 12.2. The second-order valence-electron chi connectivity index (χ2n) is 4.14. The number of aryl methyl sites for hydroxylation is 2. The molecule has 0 N–H and O–H groups in total. The first kappa shape index (κ1) is 11.6. The van der Waals surface area contributed by atoms with Crippen LogP contribution in [0.25, 0.3) is 0 Å². The summed E-state index contributed by atoms with van der Waals surface area (Å²) in [6.45, 7) is 4.88. The number of nitrogens with zero attached hydrogens (tertiary/aromatic N) is 2. The van der Waals surface area contributed by atoms with Crippen LogP contribution in [0.15, 0.2) is 36.7 Å². The first-order valence-corrected chi connectivity index (χ1v) is 5.85. The molecule has 17 heavy (non-hydrogen) atoms. The van der Waals surface area contributed by atoms with E-state index in [0.717, 1.165) is 24.1 Å². The third-order valence-electron chi connectivity index (χ3n) is 2.74. The van der Waals surface area contributed by atoms with E-state index in [1.54, 1.807) is 6.20 Å². The van der Waals surface area contributed by atoms with Crippen LogP contribution in [0.2, 0.25) is 0 Å². The van der Waals surface area contributed by atoms with Crippen LogP contribution < -0.4 is 0 Å². The zero-order chi connectivity index (χ0) is 12.3. The van der Waals surface area contributed by atoms with Crippen LogP contribution in [0, 0.1) is 6.92 Å². The van der Waals surface area contributed by atoms with E-state index in [2.05, 4.69) is 12.0 Å². The van der Waals surface area contributed by atoms with Gasteiger partial charge in [0.25, 0.3) is 0 Å². The molecule has 0 radical (unpaired) electrons. The highest BCUT2D eigenvalue weighted by molar-refractivity contribution is 6.09. The zero-order valence-electron chi connectivity index (χ0n) is 10.2. The molecule has 3 nitrogen and oxygen atoms in total. The van der Waals surface area contributed by atoms with Crippen LogP contribution >= 0.6 is 0 Å². The maximum absolute atomic E-state index is 12.2. The maximum Gasteiger partial charge on any atom is 0.196 e. The molecule has 0 saturated carbocycles. The second-order valence-corrected chi connectivity index (χ2v) is 4.14. The van der Waals surface area contributed by atoms with Gasteiger partial charge in [0.2, 0.25) is 0 Å². The summed E-state index contributed by atoms with van der Waals surface area (Å²) in [5.41, 5.74) is 2.41. The minimum Gasteiger partial charge on any atom is -0.288 e. The van der Waals surface area contributed by atoms with Crippen LogP contribution in [-0.2, 0) is 6.54 Å². The molecule has 0 spiro atoms. The summed E-state index contributed by atoms with van der Waals surface area (Å²) in [6, 6.07) is 7.63. The summed E-state index contributed by atoms with van der Waals surface area (Å²) < 4.78 is 1.81. The molecule has 0 atom stereocenters. The van der Waals surface area contributed by atoms with Gasteiger partial charge in [-0.25, -0.2) is 0 Å². The van der Waals surface area contributed by atoms with Gasteiger partial charge in [-0.15, -0.1) is 0 Å². The van der Waals surface area contributed by atoms with E-state index in [1.807, 2.05) is 42.1 Å². The van der Waals surface area contributed by atoms with E-state index >= 15 is 0 Å². The Balaban J connectivity index is 2.28. The molecule has 3 heteroatoms. The molecule has 1 aromatic carbocycles. The smallest absolute Gasteiger partial charge is 0.196 e. The molecule has 0 aliphatic carbocycles. The molecular formula is C14H16N2O. The van der Waals surface area contributed by atoms with E-state index in [1.165, 1.54) is 0 Å². The molecule has 88 valence electrons. The average molecular weight is 228 g/mol. The zero-order valence-corrected chi connectivity index (χ0v) is 10.2. The third kappa shape index (κ3) is 2.44. The molecule has 0 aliphatic heterocycles. The number of hydrogen-bond donors (Lipinski definition) is 0. The molecule has 0 fully saturated rings. The van der Waals surface area contributed by atoms with Crippen molar-refractivity contribution < 1.29 is 4.79 Å². The monoisotopic (exact) mass is 228 g/mol. The Morgan fingerprint density at radius 1 is 1.35 bits per heavy atom. The largest absolute Gasteiger partial charge is 0.288 e. The van der Waals surface area contributed by atoms with Gasteiger partial charge in [0.1, 0.15) is 0 Å². The van der Waals surface area contributed by atoms with Crippen molar-refractivity contribution in [1.29, 1.82) is 0 Å². The fraction of sp³-hybridized carbons (Fsp3) is 0.286. The summed E-state index contributed by atoms with van der Waals surface area (Å²) in [5.74, 6) is 0.0467. The normalized spacial score (nSPS) is 10.5. The van der Waals surface area contributed by atoms with Crippen molar-refractivity contribution in [2.45, 2.75) is 26.8 Å². The predicted molar refractivity (Wildman–Crippen MR) is 67.1 cm³/mol. The summed E-state index contributed by atoms with van der Waals surface area (Å²) in [6.07, 6.45) is 4.47. The predicted octanol–water partition coefficient (Wildman–Crippen LogP) is 2.83. The van der Waals surface area contributed by atoms with Crippen LogP contribution in [0.5, 0.6) is 0 Å². The van der Waals surface area contributed by atoms with E-state index in [9.17, 15) is 4.79 Å². The number of carbonyl (C=O) groups is 1. The fourth-order valence-electron chi connectivity index (χ4n) is 1.82. The Kier molecular flexibility index (Phi) is 3.38. The van der Waals surface area contributed by atoms with E-state index in [4.69, 9.17) is 0 Å². The van der Waals surface area contributed by atoms with E-state index < -0.39 is 0 Å². The van der Waals surface area contributed by atoms with Crippen molar-refractivity contribution >= 4 is 5.78 Å². The minimum absolute atomic E-state index is 0.0467. The number of hydrogen-bond acceptors (Lipinski definition) is 2. The topological polar surface area (TPSA) is 34.9 Å². The van der Waals surface area contributed by atoms with E-state index in [0.29, 0.717) is 5.56 Å². The van der Waals surface area contributed by atoms with Crippen LogP contribution in [0.3, 0.4) is 0 Å². The number of benzene rings is 1. The van der Waals surface area contributed by atoms with Gasteiger partial charge in [-0.3, -0.25) is 9.48 Å². The Morgan fingerprint density at radius 2 is 2.12 bits per heavy atom. The van der Waals surface area contributed by atoms with Gasteiger partial charge in [-0.1, -0.05) is 31.2 Å². The van der Waals surface area contributed by atoms with Crippen molar-refractivity contribution in [2.75, 3.05) is 0 Å². The fourth-order valence-corrected chi connectivity index (χ4v) is 1.82. The molecule has 0 aliphatic rings. The molecule has 0 bridgehead atoms. The number of aromatic nitrogens is 2. The Bertz CT molecular complexity index is 529. The van der Waals surface area contributed by atoms with Crippen molar-refractivity contribution in [2.24, 2.45) is 0 Å². The number of rotatable bonds is 4. The van der Waals surface area contributed by atoms with Crippen molar-refractivity contribution in [3.05, 3.63) is 53.3 Å². The Labute approximate surface area is 101 Å². The highest BCUT2D eigenvalue weighted by atomic mass is 16.1. The van der Waals surface area contributed by atoms with Crippen LogP contribution in [0.1, 0.15) is 34.8 Å². The summed E-state index contributed by atoms with van der Waals surface area (Å²) in [5, 5.41) is 4.18. The molecule has 1 heterocycles. The summed E-state index contributed by atoms with van der Waals surface area (Å²) in [7, 11) is 0. The molecule has 1 aromatic heterocycles. The van der Waals surface area contributed by atoms with Gasteiger partial charge in [-0.05, 0) is 18.9 Å². The average Bonchev–Trinajstić information content (AvgIpc) is 2.78. The number of ketones is 1. The Morgan fingerprint density at radius 3 is 2.82 bits per heavy atom. The van der Waals surface area contributed by atoms with Crippen molar-refractivity contribution in [1.82, 2.24) is 9.78 Å². The van der Waals surface area contributed by atoms with Gasteiger partial charge < -0.3 is 0 Å². The second kappa shape index (κ2) is 4.95. The van der Waals surface area contributed by atoms with Crippen molar-refractivity contribution in [3.63, 3.8) is 0 Å². The quantitative estimate of drug-likeness (QED) is 0.754. The molecule has 0 saturated heterocycles. The molecular weight excluding hydrogens is 212 g/mol.